The van der Waals surface area contributed by atoms with Gasteiger partial charge in [-0.15, -0.1) is 0 Å². The summed E-state index contributed by atoms with van der Waals surface area (Å²) >= 11 is 19.7. The maximum absolute atomic E-state index is 12.7. The van der Waals surface area contributed by atoms with Crippen molar-refractivity contribution in [2.24, 2.45) is 4.99 Å². The van der Waals surface area contributed by atoms with E-state index in [9.17, 15) is 4.79 Å². The lowest BCUT2D eigenvalue weighted by atomic mass is 10.1. The van der Waals surface area contributed by atoms with Crippen molar-refractivity contribution in [3.63, 3.8) is 0 Å². The lowest BCUT2D eigenvalue weighted by Crippen LogP contribution is -2.33. The molecule has 24 heavy (non-hydrogen) atoms. The molecule has 1 aliphatic heterocycles. The predicted octanol–water partition coefficient (Wildman–Crippen LogP) is 5.44. The van der Waals surface area contributed by atoms with Gasteiger partial charge in [-0.3, -0.25) is 9.79 Å². The van der Waals surface area contributed by atoms with Crippen LogP contribution < -0.4 is 4.90 Å². The molecule has 0 aromatic heterocycles. The molecule has 0 saturated heterocycles. The third kappa shape index (κ3) is 4.06. The minimum Gasteiger partial charge on any atom is -0.313 e. The van der Waals surface area contributed by atoms with Gasteiger partial charge < -0.3 is 4.90 Å². The van der Waals surface area contributed by atoms with Crippen LogP contribution in [0.25, 0.3) is 0 Å². The van der Waals surface area contributed by atoms with Crippen molar-refractivity contribution in [2.75, 3.05) is 23.7 Å². The lowest BCUT2D eigenvalue weighted by Gasteiger charge is -2.23. The van der Waals surface area contributed by atoms with E-state index in [-0.39, 0.29) is 12.3 Å². The Morgan fingerprint density at radius 3 is 2.42 bits per heavy atom. The second-order valence-corrected chi connectivity index (χ2v) is 7.46. The summed E-state index contributed by atoms with van der Waals surface area (Å²) in [6.45, 7) is 0.898. The van der Waals surface area contributed by atoms with Gasteiger partial charge in [-0.25, -0.2) is 0 Å². The minimum atomic E-state index is -0.0955. The largest absolute Gasteiger partial charge is 0.313 e. The van der Waals surface area contributed by atoms with Crippen LogP contribution >= 0.6 is 46.6 Å². The number of carbonyl (C=O) groups is 1. The van der Waals surface area contributed by atoms with E-state index in [0.717, 1.165) is 23.2 Å². The number of benzene rings is 2. The van der Waals surface area contributed by atoms with E-state index in [1.807, 2.05) is 17.0 Å². The highest BCUT2D eigenvalue weighted by atomic mass is 35.5. The Kier molecular flexibility index (Phi) is 5.72. The number of carbonyl (C=O) groups excluding carboxylic acids is 1. The molecule has 7 heteroatoms. The third-order valence-corrected chi connectivity index (χ3v) is 5.27. The van der Waals surface area contributed by atoms with E-state index >= 15 is 0 Å². The highest BCUT2D eigenvalue weighted by Crippen LogP contribution is 2.26. The van der Waals surface area contributed by atoms with E-state index in [2.05, 4.69) is 4.99 Å². The van der Waals surface area contributed by atoms with Gasteiger partial charge in [0.2, 0.25) is 0 Å². The zero-order valence-corrected chi connectivity index (χ0v) is 15.6. The summed E-state index contributed by atoms with van der Waals surface area (Å²) in [5, 5.41) is 2.33. The Balaban J connectivity index is 1.88. The summed E-state index contributed by atoms with van der Waals surface area (Å²) in [4.78, 5) is 19.1. The van der Waals surface area contributed by atoms with E-state index in [0.29, 0.717) is 20.6 Å². The van der Waals surface area contributed by atoms with Gasteiger partial charge in [-0.1, -0.05) is 46.6 Å². The van der Waals surface area contributed by atoms with E-state index in [4.69, 9.17) is 34.8 Å². The highest BCUT2D eigenvalue weighted by Gasteiger charge is 2.22. The molecule has 2 aromatic carbocycles. The molecule has 0 bridgehead atoms. The number of anilines is 1. The molecule has 3 rings (SSSR count). The fourth-order valence-electron chi connectivity index (χ4n) is 2.32. The normalized spacial score (nSPS) is 13.7. The number of aliphatic imine (C=N–C) groups is 1. The summed E-state index contributed by atoms with van der Waals surface area (Å²) in [5.41, 5.74) is 1.31. The molecule has 0 spiro atoms. The average Bonchev–Trinajstić information content (AvgIpc) is 3.07. The summed E-state index contributed by atoms with van der Waals surface area (Å²) in [6, 6.07) is 12.2. The molecule has 0 aliphatic carbocycles. The number of hydrogen-bond acceptors (Lipinski definition) is 4. The number of ketones is 1. The Morgan fingerprint density at radius 2 is 1.79 bits per heavy atom. The number of amidine groups is 1. The number of hydrogen-bond donors (Lipinski definition) is 0. The Labute approximate surface area is 159 Å². The first-order valence-corrected chi connectivity index (χ1v) is 9.35. The molecule has 2 aromatic rings. The van der Waals surface area contributed by atoms with Crippen LogP contribution in [0.2, 0.25) is 15.1 Å². The van der Waals surface area contributed by atoms with Crippen molar-refractivity contribution in [3.05, 3.63) is 63.1 Å². The van der Waals surface area contributed by atoms with Crippen LogP contribution in [0.1, 0.15) is 10.4 Å². The van der Waals surface area contributed by atoms with Crippen molar-refractivity contribution in [2.45, 2.75) is 0 Å². The van der Waals surface area contributed by atoms with Crippen LogP contribution in [0.5, 0.6) is 0 Å². The van der Waals surface area contributed by atoms with Gasteiger partial charge in [0.05, 0.1) is 18.1 Å². The van der Waals surface area contributed by atoms with E-state index in [1.54, 1.807) is 42.1 Å². The summed E-state index contributed by atoms with van der Waals surface area (Å²) in [5.74, 6) is 0.816. The zero-order valence-electron chi connectivity index (χ0n) is 12.5. The Bertz CT molecular complexity index is 793. The van der Waals surface area contributed by atoms with Gasteiger partial charge in [-0.05, 0) is 42.5 Å². The predicted molar refractivity (Wildman–Crippen MR) is 104 cm³/mol. The van der Waals surface area contributed by atoms with E-state index in [1.165, 1.54) is 0 Å². The third-order valence-electron chi connectivity index (χ3n) is 3.47. The quantitative estimate of drug-likeness (QED) is 0.642. The Hall–Kier alpha value is -1.20. The first-order valence-electron chi connectivity index (χ1n) is 7.23. The average molecular weight is 400 g/mol. The van der Waals surface area contributed by atoms with Gasteiger partial charge in [0.15, 0.2) is 11.0 Å². The molecule has 1 aliphatic rings. The lowest BCUT2D eigenvalue weighted by molar-refractivity contribution is 0.100. The molecule has 0 amide bonds. The Morgan fingerprint density at radius 1 is 1.08 bits per heavy atom. The second-order valence-electron chi connectivity index (χ2n) is 5.12. The van der Waals surface area contributed by atoms with Crippen LogP contribution in [0.15, 0.2) is 47.5 Å². The summed E-state index contributed by atoms with van der Waals surface area (Å²) in [6.07, 6.45) is 0. The number of rotatable bonds is 4. The SMILES string of the molecule is O=C(CN(C1=NCCS1)c1ccc(Cl)cc1)c1ccc(Cl)cc1Cl. The topological polar surface area (TPSA) is 32.7 Å². The van der Waals surface area contributed by atoms with Crippen molar-refractivity contribution < 1.29 is 4.79 Å². The van der Waals surface area contributed by atoms with Crippen LogP contribution in [-0.2, 0) is 0 Å². The van der Waals surface area contributed by atoms with Crippen molar-refractivity contribution in [1.29, 1.82) is 0 Å². The molecular formula is C17H13Cl3N2OS. The minimum absolute atomic E-state index is 0.0955. The molecule has 124 valence electrons. The molecule has 0 saturated carbocycles. The molecule has 0 fully saturated rings. The standard InChI is InChI=1S/C17H13Cl3N2OS/c18-11-1-4-13(5-2-11)22(17-21-7-8-24-17)10-16(23)14-6-3-12(19)9-15(14)20/h1-6,9H,7-8,10H2. The number of thioether (sulfide) groups is 1. The highest BCUT2D eigenvalue weighted by molar-refractivity contribution is 8.14. The number of nitrogens with zero attached hydrogens (tertiary/aromatic N) is 2. The fourth-order valence-corrected chi connectivity index (χ4v) is 3.84. The first kappa shape index (κ1) is 17.6. The first-order chi connectivity index (χ1) is 11.5. The van der Waals surface area contributed by atoms with Crippen LogP contribution in [-0.4, -0.2) is 29.8 Å². The molecular weight excluding hydrogens is 387 g/mol. The van der Waals surface area contributed by atoms with Crippen molar-refractivity contribution >= 4 is 63.2 Å². The van der Waals surface area contributed by atoms with Crippen molar-refractivity contribution in [1.82, 2.24) is 0 Å². The van der Waals surface area contributed by atoms with E-state index < -0.39 is 0 Å². The van der Waals surface area contributed by atoms with Gasteiger partial charge in [0.1, 0.15) is 0 Å². The summed E-state index contributed by atoms with van der Waals surface area (Å²) in [7, 11) is 0. The number of Topliss-reactive ketones (excluding diaryl/α,β-unsaturated/α-hetero) is 1. The van der Waals surface area contributed by atoms with Crippen LogP contribution in [0.3, 0.4) is 0 Å². The second kappa shape index (κ2) is 7.79. The van der Waals surface area contributed by atoms with Gasteiger partial charge in [0, 0.05) is 27.0 Å². The fraction of sp³-hybridized carbons (Fsp3) is 0.176. The zero-order chi connectivity index (χ0) is 17.1. The molecule has 0 unspecified atom stereocenters. The monoisotopic (exact) mass is 398 g/mol. The molecule has 0 N–H and O–H groups in total. The molecule has 0 radical (unpaired) electrons. The van der Waals surface area contributed by atoms with Gasteiger partial charge in [-0.2, -0.15) is 0 Å². The maximum atomic E-state index is 12.7. The van der Waals surface area contributed by atoms with Crippen LogP contribution in [0, 0.1) is 0 Å². The summed E-state index contributed by atoms with van der Waals surface area (Å²) < 4.78 is 0. The van der Waals surface area contributed by atoms with Crippen molar-refractivity contribution in [3.8, 4) is 0 Å². The van der Waals surface area contributed by atoms with Gasteiger partial charge in [0.25, 0.3) is 0 Å². The molecule has 3 nitrogen and oxygen atoms in total. The smallest absolute Gasteiger partial charge is 0.184 e. The molecule has 1 heterocycles. The molecule has 0 atom stereocenters. The van der Waals surface area contributed by atoms with Gasteiger partial charge >= 0.3 is 0 Å². The van der Waals surface area contributed by atoms with Crippen LogP contribution in [0.4, 0.5) is 5.69 Å². The number of halogens is 3. The maximum Gasteiger partial charge on any atom is 0.184 e.